The lowest BCUT2D eigenvalue weighted by molar-refractivity contribution is -0.384. The molecule has 3 rings (SSSR count). The Kier molecular flexibility index (Phi) is 4.28. The molecular weight excluding hydrogens is 286 g/mol. The molecule has 0 aliphatic carbocycles. The molecule has 0 aromatic heterocycles. The third-order valence-corrected chi connectivity index (χ3v) is 4.50. The molecule has 2 fully saturated rings. The summed E-state index contributed by atoms with van der Waals surface area (Å²) in [5.74, 6) is 0. The second-order valence-corrected chi connectivity index (χ2v) is 6.16. The largest absolute Gasteiger partial charge is 0.396 e. The highest BCUT2D eigenvalue weighted by molar-refractivity contribution is 5.63. The van der Waals surface area contributed by atoms with E-state index in [0.717, 1.165) is 32.7 Å². The lowest BCUT2D eigenvalue weighted by Crippen LogP contribution is -2.57. The van der Waals surface area contributed by atoms with Crippen molar-refractivity contribution in [3.05, 3.63) is 34.4 Å². The average molecular weight is 307 g/mol. The maximum atomic E-state index is 11.1. The predicted molar refractivity (Wildman–Crippen MR) is 82.1 cm³/mol. The Labute approximate surface area is 129 Å². The van der Waals surface area contributed by atoms with Gasteiger partial charge in [0.25, 0.3) is 5.69 Å². The number of nitrogens with zero attached hydrogens (tertiary/aromatic N) is 3. The Morgan fingerprint density at radius 2 is 1.91 bits per heavy atom. The fourth-order valence-electron chi connectivity index (χ4n) is 3.13. The fourth-order valence-corrected chi connectivity index (χ4v) is 3.13. The van der Waals surface area contributed by atoms with Crippen molar-refractivity contribution in [3.63, 3.8) is 0 Å². The molecule has 7 nitrogen and oxygen atoms in total. The summed E-state index contributed by atoms with van der Waals surface area (Å²) in [7, 11) is 0. The summed E-state index contributed by atoms with van der Waals surface area (Å²) in [5, 5.41) is 20.6. The van der Waals surface area contributed by atoms with Crippen LogP contribution in [0, 0.1) is 15.5 Å². The van der Waals surface area contributed by atoms with Crippen LogP contribution in [0.4, 0.5) is 11.4 Å². The summed E-state index contributed by atoms with van der Waals surface area (Å²) in [4.78, 5) is 15.2. The first-order chi connectivity index (χ1) is 10.6. The van der Waals surface area contributed by atoms with Gasteiger partial charge in [0, 0.05) is 38.8 Å². The van der Waals surface area contributed by atoms with Gasteiger partial charge in [-0.3, -0.25) is 15.0 Å². The van der Waals surface area contributed by atoms with Crippen LogP contribution in [-0.4, -0.2) is 67.5 Å². The zero-order valence-corrected chi connectivity index (χ0v) is 12.5. The van der Waals surface area contributed by atoms with Gasteiger partial charge < -0.3 is 14.7 Å². The molecular formula is C15H21N3O4. The van der Waals surface area contributed by atoms with Crippen LogP contribution in [0.1, 0.15) is 0 Å². The average Bonchev–Trinajstić information content (AvgIpc) is 2.51. The van der Waals surface area contributed by atoms with Gasteiger partial charge in [-0.1, -0.05) is 12.1 Å². The van der Waals surface area contributed by atoms with Crippen molar-refractivity contribution in [1.29, 1.82) is 0 Å². The Hall–Kier alpha value is -1.70. The number of nitro groups is 1. The standard InChI is InChI=1S/C15H21N3O4/c19-10-15(11-22-12-15)9-16-5-7-17(8-6-16)13-3-1-2-4-14(13)18(20)21/h1-4,19H,5-12H2. The number of piperazine rings is 1. The lowest BCUT2D eigenvalue weighted by atomic mass is 9.86. The van der Waals surface area contributed by atoms with Gasteiger partial charge in [0.05, 0.1) is 30.2 Å². The smallest absolute Gasteiger partial charge is 0.292 e. The van der Waals surface area contributed by atoms with Crippen molar-refractivity contribution in [1.82, 2.24) is 4.90 Å². The van der Waals surface area contributed by atoms with E-state index in [-0.39, 0.29) is 22.6 Å². The van der Waals surface area contributed by atoms with E-state index in [1.165, 1.54) is 0 Å². The van der Waals surface area contributed by atoms with Crippen LogP contribution >= 0.6 is 0 Å². The van der Waals surface area contributed by atoms with E-state index in [2.05, 4.69) is 9.80 Å². The van der Waals surface area contributed by atoms with Gasteiger partial charge in [0.2, 0.25) is 0 Å². The highest BCUT2D eigenvalue weighted by Crippen LogP contribution is 2.31. The van der Waals surface area contributed by atoms with Crippen molar-refractivity contribution >= 4 is 11.4 Å². The molecule has 0 atom stereocenters. The number of anilines is 1. The molecule has 0 amide bonds. The molecule has 120 valence electrons. The number of aliphatic hydroxyl groups excluding tert-OH is 1. The Balaban J connectivity index is 1.61. The van der Waals surface area contributed by atoms with Crippen LogP contribution in [0.3, 0.4) is 0 Å². The molecule has 1 aromatic carbocycles. The van der Waals surface area contributed by atoms with Crippen molar-refractivity contribution < 1.29 is 14.8 Å². The molecule has 1 N–H and O–H groups in total. The fraction of sp³-hybridized carbons (Fsp3) is 0.600. The molecule has 22 heavy (non-hydrogen) atoms. The van der Waals surface area contributed by atoms with Gasteiger partial charge in [-0.25, -0.2) is 0 Å². The minimum absolute atomic E-state index is 0.110. The Morgan fingerprint density at radius 3 is 2.45 bits per heavy atom. The summed E-state index contributed by atoms with van der Waals surface area (Å²) in [6.45, 7) is 5.41. The van der Waals surface area contributed by atoms with Crippen LogP contribution in [0.15, 0.2) is 24.3 Å². The van der Waals surface area contributed by atoms with Gasteiger partial charge in [0.15, 0.2) is 0 Å². The first-order valence-electron chi connectivity index (χ1n) is 7.53. The molecule has 2 aliphatic rings. The topological polar surface area (TPSA) is 79.1 Å². The zero-order valence-electron chi connectivity index (χ0n) is 12.5. The van der Waals surface area contributed by atoms with E-state index in [9.17, 15) is 15.2 Å². The summed E-state index contributed by atoms with van der Waals surface area (Å²) in [6, 6.07) is 6.89. The molecule has 7 heteroatoms. The number of hydrogen-bond acceptors (Lipinski definition) is 6. The SMILES string of the molecule is O=[N+]([O-])c1ccccc1N1CCN(CC2(CO)COC2)CC1. The van der Waals surface area contributed by atoms with Crippen molar-refractivity contribution in [2.24, 2.45) is 5.41 Å². The quantitative estimate of drug-likeness (QED) is 0.638. The first-order valence-corrected chi connectivity index (χ1v) is 7.53. The molecule has 0 spiro atoms. The van der Waals surface area contributed by atoms with E-state index < -0.39 is 0 Å². The van der Waals surface area contributed by atoms with Crippen LogP contribution in [-0.2, 0) is 4.74 Å². The second kappa shape index (κ2) is 6.20. The Bertz CT molecular complexity index is 534. The minimum atomic E-state index is -0.325. The van der Waals surface area contributed by atoms with Gasteiger partial charge in [0.1, 0.15) is 5.69 Å². The lowest BCUT2D eigenvalue weighted by Gasteiger charge is -2.45. The molecule has 0 unspecified atom stereocenters. The number of nitro benzene ring substituents is 1. The second-order valence-electron chi connectivity index (χ2n) is 6.16. The van der Waals surface area contributed by atoms with E-state index in [4.69, 9.17) is 4.74 Å². The minimum Gasteiger partial charge on any atom is -0.396 e. The predicted octanol–water partition coefficient (Wildman–Crippen LogP) is 0.726. The number of hydrogen-bond donors (Lipinski definition) is 1. The molecule has 2 saturated heterocycles. The van der Waals surface area contributed by atoms with Gasteiger partial charge in [-0.05, 0) is 6.07 Å². The molecule has 1 aromatic rings. The summed E-state index contributed by atoms with van der Waals surface area (Å²) >= 11 is 0. The summed E-state index contributed by atoms with van der Waals surface area (Å²) in [6.07, 6.45) is 0. The first kappa shape index (κ1) is 15.2. The van der Waals surface area contributed by atoms with Crippen LogP contribution in [0.2, 0.25) is 0 Å². The van der Waals surface area contributed by atoms with Crippen LogP contribution < -0.4 is 4.90 Å². The molecule has 2 aliphatic heterocycles. The number of aliphatic hydroxyl groups is 1. The molecule has 0 radical (unpaired) electrons. The number of benzene rings is 1. The van der Waals surface area contributed by atoms with Crippen LogP contribution in [0.25, 0.3) is 0 Å². The highest BCUT2D eigenvalue weighted by atomic mass is 16.6. The van der Waals surface area contributed by atoms with E-state index in [1.807, 2.05) is 12.1 Å². The highest BCUT2D eigenvalue weighted by Gasteiger charge is 2.40. The molecule has 0 bridgehead atoms. The summed E-state index contributed by atoms with van der Waals surface area (Å²) < 4.78 is 5.23. The third-order valence-electron chi connectivity index (χ3n) is 4.50. The number of ether oxygens (including phenoxy) is 1. The zero-order chi connectivity index (χ0) is 15.6. The van der Waals surface area contributed by atoms with Crippen molar-refractivity contribution in [2.75, 3.05) is 57.4 Å². The maximum Gasteiger partial charge on any atom is 0.292 e. The van der Waals surface area contributed by atoms with Crippen molar-refractivity contribution in [2.45, 2.75) is 0 Å². The molecule has 2 heterocycles. The van der Waals surface area contributed by atoms with Crippen LogP contribution in [0.5, 0.6) is 0 Å². The van der Waals surface area contributed by atoms with E-state index in [1.54, 1.807) is 12.1 Å². The normalized spacial score (nSPS) is 21.4. The molecule has 0 saturated carbocycles. The van der Waals surface area contributed by atoms with Gasteiger partial charge in [-0.15, -0.1) is 0 Å². The van der Waals surface area contributed by atoms with Crippen molar-refractivity contribution in [3.8, 4) is 0 Å². The third kappa shape index (κ3) is 2.92. The monoisotopic (exact) mass is 307 g/mol. The summed E-state index contributed by atoms with van der Waals surface area (Å²) in [5.41, 5.74) is 0.743. The number of rotatable bonds is 5. The van der Waals surface area contributed by atoms with Gasteiger partial charge >= 0.3 is 0 Å². The van der Waals surface area contributed by atoms with E-state index in [0.29, 0.717) is 18.9 Å². The number of para-hydroxylation sites is 2. The Morgan fingerprint density at radius 1 is 1.23 bits per heavy atom. The van der Waals surface area contributed by atoms with E-state index >= 15 is 0 Å². The van der Waals surface area contributed by atoms with Gasteiger partial charge in [-0.2, -0.15) is 0 Å². The maximum absolute atomic E-state index is 11.1.